The van der Waals surface area contributed by atoms with E-state index in [9.17, 15) is 4.79 Å². The normalized spacial score (nSPS) is 16.9. The highest BCUT2D eigenvalue weighted by molar-refractivity contribution is 9.10. The number of rotatable bonds is 6. The van der Waals surface area contributed by atoms with Crippen LogP contribution < -0.4 is 5.32 Å². The van der Waals surface area contributed by atoms with Crippen molar-refractivity contribution in [2.75, 3.05) is 13.1 Å². The van der Waals surface area contributed by atoms with Gasteiger partial charge in [-0.3, -0.25) is 9.69 Å². The van der Waals surface area contributed by atoms with Crippen molar-refractivity contribution in [2.45, 2.75) is 45.7 Å². The van der Waals surface area contributed by atoms with Crippen molar-refractivity contribution in [1.29, 1.82) is 0 Å². The van der Waals surface area contributed by atoms with Crippen molar-refractivity contribution in [2.24, 2.45) is 5.92 Å². The lowest BCUT2D eigenvalue weighted by Crippen LogP contribution is -2.40. The average molecular weight is 429 g/mol. The minimum Gasteiger partial charge on any atom is -0.349 e. The Kier molecular flexibility index (Phi) is 7.08. The van der Waals surface area contributed by atoms with Crippen LogP contribution in [0.1, 0.15) is 49.4 Å². The molecule has 2 aromatic rings. The molecule has 0 radical (unpaired) electrons. The summed E-state index contributed by atoms with van der Waals surface area (Å²) in [7, 11) is 0. The van der Waals surface area contributed by atoms with E-state index in [4.69, 9.17) is 0 Å². The highest BCUT2D eigenvalue weighted by Gasteiger charge is 2.26. The lowest BCUT2D eigenvalue weighted by atomic mass is 9.94. The number of amides is 1. The van der Waals surface area contributed by atoms with Gasteiger partial charge in [-0.2, -0.15) is 0 Å². The molecule has 144 valence electrons. The third kappa shape index (κ3) is 5.66. The van der Waals surface area contributed by atoms with Gasteiger partial charge in [-0.05, 0) is 68.1 Å². The fourth-order valence-electron chi connectivity index (χ4n) is 3.66. The van der Waals surface area contributed by atoms with Gasteiger partial charge in [-0.15, -0.1) is 0 Å². The number of hydrogen-bond donors (Lipinski definition) is 1. The first-order valence-electron chi connectivity index (χ1n) is 9.91. The zero-order chi connectivity index (χ0) is 19.2. The molecule has 1 saturated heterocycles. The maximum absolute atomic E-state index is 12.7. The number of benzene rings is 2. The summed E-state index contributed by atoms with van der Waals surface area (Å²) < 4.78 is 1.11. The molecule has 0 aliphatic carbocycles. The van der Waals surface area contributed by atoms with Crippen molar-refractivity contribution in [3.8, 4) is 0 Å². The predicted molar refractivity (Wildman–Crippen MR) is 115 cm³/mol. The van der Waals surface area contributed by atoms with Gasteiger partial charge < -0.3 is 5.32 Å². The highest BCUT2D eigenvalue weighted by Crippen LogP contribution is 2.22. The monoisotopic (exact) mass is 428 g/mol. The van der Waals surface area contributed by atoms with Gasteiger partial charge in [0.2, 0.25) is 5.91 Å². The summed E-state index contributed by atoms with van der Waals surface area (Å²) >= 11 is 3.48. The van der Waals surface area contributed by atoms with Crippen molar-refractivity contribution in [1.82, 2.24) is 10.2 Å². The Labute approximate surface area is 171 Å². The van der Waals surface area contributed by atoms with E-state index < -0.39 is 0 Å². The van der Waals surface area contributed by atoms with Crippen LogP contribution in [0.2, 0.25) is 0 Å². The van der Waals surface area contributed by atoms with Gasteiger partial charge in [0.15, 0.2) is 0 Å². The maximum atomic E-state index is 12.7. The van der Waals surface area contributed by atoms with E-state index in [2.05, 4.69) is 88.5 Å². The number of hydrogen-bond acceptors (Lipinski definition) is 2. The van der Waals surface area contributed by atoms with Gasteiger partial charge in [0.1, 0.15) is 0 Å². The van der Waals surface area contributed by atoms with Gasteiger partial charge in [0, 0.05) is 16.9 Å². The summed E-state index contributed by atoms with van der Waals surface area (Å²) in [4.78, 5) is 15.1. The van der Waals surface area contributed by atoms with Crippen molar-refractivity contribution >= 4 is 21.8 Å². The van der Waals surface area contributed by atoms with Crippen LogP contribution in [0.4, 0.5) is 0 Å². The minimum absolute atomic E-state index is 0.0594. The van der Waals surface area contributed by atoms with E-state index in [0.29, 0.717) is 0 Å². The standard InChI is InChI=1S/C23H29BrN2O/c1-3-18-4-8-20(9-5-18)17(2)25-23(27)21-12-14-26(15-13-21)16-19-6-10-22(24)11-7-19/h4-11,17,21H,3,12-16H2,1-2H3,(H,25,27). The summed E-state index contributed by atoms with van der Waals surface area (Å²) in [6.07, 6.45) is 2.91. The zero-order valence-electron chi connectivity index (χ0n) is 16.2. The van der Waals surface area contributed by atoms with Crippen LogP contribution >= 0.6 is 15.9 Å². The molecule has 1 aliphatic heterocycles. The molecule has 3 rings (SSSR count). The Hall–Kier alpha value is -1.65. The molecule has 1 heterocycles. The largest absolute Gasteiger partial charge is 0.349 e. The number of nitrogens with zero attached hydrogens (tertiary/aromatic N) is 1. The molecule has 3 nitrogen and oxygen atoms in total. The molecule has 27 heavy (non-hydrogen) atoms. The number of likely N-dealkylation sites (tertiary alicyclic amines) is 1. The van der Waals surface area contributed by atoms with Crippen molar-refractivity contribution in [3.05, 3.63) is 69.7 Å². The molecule has 0 saturated carbocycles. The number of aryl methyl sites for hydroxylation is 1. The van der Waals surface area contributed by atoms with E-state index in [-0.39, 0.29) is 17.9 Å². The molecule has 1 unspecified atom stereocenters. The number of halogens is 1. The first-order chi connectivity index (χ1) is 13.0. The quantitative estimate of drug-likeness (QED) is 0.693. The molecule has 0 spiro atoms. The van der Waals surface area contributed by atoms with Crippen LogP contribution in [-0.4, -0.2) is 23.9 Å². The van der Waals surface area contributed by atoms with Gasteiger partial charge in [-0.25, -0.2) is 0 Å². The molecule has 1 aliphatic rings. The minimum atomic E-state index is 0.0594. The molecular weight excluding hydrogens is 400 g/mol. The van der Waals surface area contributed by atoms with E-state index in [1.165, 1.54) is 16.7 Å². The van der Waals surface area contributed by atoms with Gasteiger partial charge in [0.25, 0.3) is 0 Å². The van der Waals surface area contributed by atoms with Crippen LogP contribution in [0.5, 0.6) is 0 Å². The molecule has 1 N–H and O–H groups in total. The Balaban J connectivity index is 1.46. The second-order valence-electron chi connectivity index (χ2n) is 7.50. The molecule has 1 atom stereocenters. The molecule has 4 heteroatoms. The van der Waals surface area contributed by atoms with Gasteiger partial charge in [-0.1, -0.05) is 59.3 Å². The summed E-state index contributed by atoms with van der Waals surface area (Å²) in [6, 6.07) is 17.1. The lowest BCUT2D eigenvalue weighted by molar-refractivity contribution is -0.127. The predicted octanol–water partition coefficient (Wildman–Crippen LogP) is 5.10. The topological polar surface area (TPSA) is 32.3 Å². The number of piperidine rings is 1. The maximum Gasteiger partial charge on any atom is 0.223 e. The first-order valence-corrected chi connectivity index (χ1v) is 10.7. The van der Waals surface area contributed by atoms with Crippen LogP contribution in [0.25, 0.3) is 0 Å². The number of carbonyl (C=O) groups is 1. The molecule has 1 fully saturated rings. The van der Waals surface area contributed by atoms with E-state index >= 15 is 0 Å². The van der Waals surface area contributed by atoms with Crippen LogP contribution in [0.3, 0.4) is 0 Å². The molecular formula is C23H29BrN2O. The number of nitrogens with one attached hydrogen (secondary N) is 1. The fourth-order valence-corrected chi connectivity index (χ4v) is 3.92. The van der Waals surface area contributed by atoms with Crippen molar-refractivity contribution < 1.29 is 4.79 Å². The molecule has 0 bridgehead atoms. The van der Waals surface area contributed by atoms with Crippen molar-refractivity contribution in [3.63, 3.8) is 0 Å². The lowest BCUT2D eigenvalue weighted by Gasteiger charge is -2.32. The second-order valence-corrected chi connectivity index (χ2v) is 8.42. The third-order valence-corrected chi connectivity index (χ3v) is 6.05. The molecule has 1 amide bonds. The number of carbonyl (C=O) groups excluding carboxylic acids is 1. The summed E-state index contributed by atoms with van der Waals surface area (Å²) in [5.74, 6) is 0.328. The molecule has 2 aromatic carbocycles. The molecule has 0 aromatic heterocycles. The zero-order valence-corrected chi connectivity index (χ0v) is 17.8. The Bertz CT molecular complexity index is 734. The van der Waals surface area contributed by atoms with E-state index in [1.54, 1.807) is 0 Å². The highest BCUT2D eigenvalue weighted by atomic mass is 79.9. The van der Waals surface area contributed by atoms with Gasteiger partial charge >= 0.3 is 0 Å². The first kappa shape index (κ1) is 20.1. The SMILES string of the molecule is CCc1ccc(C(C)NC(=O)C2CCN(Cc3ccc(Br)cc3)CC2)cc1. The summed E-state index contributed by atoms with van der Waals surface area (Å²) in [6.45, 7) is 7.15. The van der Waals surface area contributed by atoms with E-state index in [1.807, 2.05) is 0 Å². The Morgan fingerprint density at radius 3 is 2.26 bits per heavy atom. The summed E-state index contributed by atoms with van der Waals surface area (Å²) in [5.41, 5.74) is 3.83. The summed E-state index contributed by atoms with van der Waals surface area (Å²) in [5, 5.41) is 3.21. The third-order valence-electron chi connectivity index (χ3n) is 5.52. The smallest absolute Gasteiger partial charge is 0.223 e. The average Bonchev–Trinajstić information content (AvgIpc) is 2.70. The fraction of sp³-hybridized carbons (Fsp3) is 0.435. The van der Waals surface area contributed by atoms with Crippen LogP contribution in [-0.2, 0) is 17.8 Å². The van der Waals surface area contributed by atoms with Crippen LogP contribution in [0, 0.1) is 5.92 Å². The Morgan fingerprint density at radius 1 is 1.07 bits per heavy atom. The van der Waals surface area contributed by atoms with Gasteiger partial charge in [0.05, 0.1) is 6.04 Å². The van der Waals surface area contributed by atoms with E-state index in [0.717, 1.165) is 43.4 Å². The van der Waals surface area contributed by atoms with Crippen LogP contribution in [0.15, 0.2) is 53.0 Å². The second kappa shape index (κ2) is 9.52. The Morgan fingerprint density at radius 2 is 1.67 bits per heavy atom.